The van der Waals surface area contributed by atoms with Gasteiger partial charge in [0.15, 0.2) is 5.69 Å². The van der Waals surface area contributed by atoms with Crippen molar-refractivity contribution in [2.45, 2.75) is 24.6 Å². The smallest absolute Gasteiger partial charge is 0.396 e. The number of carbonyl (C=O) groups is 1. The van der Waals surface area contributed by atoms with Gasteiger partial charge in [0.2, 0.25) is 0 Å². The number of halogens is 3. The number of aromatic nitrogens is 3. The number of nitriles is 1. The van der Waals surface area contributed by atoms with Crippen LogP contribution in [0.2, 0.25) is 0 Å². The summed E-state index contributed by atoms with van der Waals surface area (Å²) in [6, 6.07) is 16.4. The lowest BCUT2D eigenvalue weighted by Crippen LogP contribution is -2.17. The lowest BCUT2D eigenvalue weighted by atomic mass is 10.00. The number of amides is 1. The molecule has 0 spiro atoms. The Hall–Kier alpha value is -4.53. The molecule has 0 aliphatic heterocycles. The van der Waals surface area contributed by atoms with Crippen molar-refractivity contribution >= 4 is 11.6 Å². The molecule has 2 heterocycles. The largest absolute Gasteiger partial charge is 0.435 e. The fraction of sp³-hybridized carbons (Fsp3) is 0.214. The molecule has 39 heavy (non-hydrogen) atoms. The van der Waals surface area contributed by atoms with Crippen LogP contribution in [0.3, 0.4) is 0 Å². The summed E-state index contributed by atoms with van der Waals surface area (Å²) >= 11 is 0. The molecule has 198 valence electrons. The molecule has 5 rings (SSSR count). The Morgan fingerprint density at radius 1 is 1.13 bits per heavy atom. The summed E-state index contributed by atoms with van der Waals surface area (Å²) in [5.41, 5.74) is 0.799. The van der Waals surface area contributed by atoms with Crippen LogP contribution in [-0.2, 0) is 6.18 Å². The number of nitrogens with zero attached hydrogens (tertiary/aromatic N) is 4. The number of nitrogens with one attached hydrogen (secondary N) is 1. The van der Waals surface area contributed by atoms with E-state index in [1.165, 1.54) is 36.5 Å². The van der Waals surface area contributed by atoms with E-state index in [9.17, 15) is 28.2 Å². The van der Waals surface area contributed by atoms with Crippen molar-refractivity contribution in [1.29, 1.82) is 5.26 Å². The molecule has 4 aromatic rings. The number of anilines is 1. The maximum atomic E-state index is 13.5. The molecule has 3 atom stereocenters. The molecule has 0 radical (unpaired) electrons. The second kappa shape index (κ2) is 10.3. The molecular weight excluding hydrogens is 511 g/mol. The van der Waals surface area contributed by atoms with E-state index in [1.54, 1.807) is 24.4 Å². The van der Waals surface area contributed by atoms with E-state index >= 15 is 0 Å². The van der Waals surface area contributed by atoms with Gasteiger partial charge in [0.05, 0.1) is 17.3 Å². The highest BCUT2D eigenvalue weighted by atomic mass is 19.4. The van der Waals surface area contributed by atoms with E-state index < -0.39 is 23.9 Å². The van der Waals surface area contributed by atoms with Gasteiger partial charge in [-0.05, 0) is 65.8 Å². The van der Waals surface area contributed by atoms with Crippen molar-refractivity contribution in [1.82, 2.24) is 14.8 Å². The van der Waals surface area contributed by atoms with Crippen molar-refractivity contribution in [3.05, 3.63) is 107 Å². The molecule has 3 N–H and O–H groups in total. The molecule has 0 bridgehead atoms. The first-order chi connectivity index (χ1) is 18.7. The van der Waals surface area contributed by atoms with Gasteiger partial charge in [-0.15, -0.1) is 0 Å². The first-order valence-electron chi connectivity index (χ1n) is 12.0. The van der Waals surface area contributed by atoms with Crippen LogP contribution in [0.25, 0.3) is 5.69 Å². The number of benzene rings is 2. The predicted octanol–water partition coefficient (Wildman–Crippen LogP) is 4.59. The Morgan fingerprint density at radius 2 is 1.92 bits per heavy atom. The van der Waals surface area contributed by atoms with Crippen LogP contribution in [0.4, 0.5) is 18.9 Å². The number of hydrogen-bond donors (Lipinski definition) is 3. The first-order valence-corrected chi connectivity index (χ1v) is 12.0. The molecule has 1 aliphatic carbocycles. The Bertz CT molecular complexity index is 1580. The Kier molecular flexibility index (Phi) is 6.91. The summed E-state index contributed by atoms with van der Waals surface area (Å²) in [6.45, 7) is 0.0896. The lowest BCUT2D eigenvalue weighted by molar-refractivity contribution is -0.141. The minimum atomic E-state index is -4.79. The van der Waals surface area contributed by atoms with Crippen LogP contribution in [-0.4, -0.2) is 37.5 Å². The maximum Gasteiger partial charge on any atom is 0.435 e. The summed E-state index contributed by atoms with van der Waals surface area (Å²) in [6.07, 6.45) is -1.78. The zero-order valence-electron chi connectivity index (χ0n) is 20.3. The number of rotatable bonds is 7. The third kappa shape index (κ3) is 5.52. The monoisotopic (exact) mass is 533 g/mol. The number of aliphatic hydroxyl groups is 2. The Morgan fingerprint density at radius 3 is 2.64 bits per heavy atom. The summed E-state index contributed by atoms with van der Waals surface area (Å²) in [5, 5.41) is 35.6. The van der Waals surface area contributed by atoms with Crippen molar-refractivity contribution in [2.24, 2.45) is 5.92 Å². The van der Waals surface area contributed by atoms with Gasteiger partial charge in [-0.1, -0.05) is 18.2 Å². The van der Waals surface area contributed by atoms with E-state index in [0.29, 0.717) is 17.2 Å². The number of carbonyl (C=O) groups excluding carboxylic acids is 1. The standard InChI is InChI=1S/C28H22F3N5O3/c29-28(30,31)25-11-24(36(35-25)22-6-1-3-16(7-22)12-32)27(39)34-21-5-2-4-17(9-21)26(38)19-8-18(13-33-14-19)23-10-20(23)15-37/h1-9,11,13-14,20,23,26,37-38H,10,15H2,(H,34,39). The van der Waals surface area contributed by atoms with Crippen molar-refractivity contribution in [2.75, 3.05) is 11.9 Å². The minimum absolute atomic E-state index is 0.0896. The van der Waals surface area contributed by atoms with Gasteiger partial charge in [-0.25, -0.2) is 4.68 Å². The van der Waals surface area contributed by atoms with Crippen LogP contribution in [0.5, 0.6) is 0 Å². The molecule has 3 unspecified atom stereocenters. The maximum absolute atomic E-state index is 13.5. The van der Waals surface area contributed by atoms with Gasteiger partial charge in [0.1, 0.15) is 11.8 Å². The number of pyridine rings is 1. The van der Waals surface area contributed by atoms with Gasteiger partial charge in [0, 0.05) is 36.3 Å². The number of alkyl halides is 3. The molecule has 1 saturated carbocycles. The van der Waals surface area contributed by atoms with Gasteiger partial charge >= 0.3 is 6.18 Å². The SMILES string of the molecule is N#Cc1cccc(-n2nc(C(F)(F)F)cc2C(=O)Nc2cccc(C(O)c3cncc(C4CC4CO)c3)c2)c1. The highest BCUT2D eigenvalue weighted by Crippen LogP contribution is 2.47. The average Bonchev–Trinajstić information content (AvgIpc) is 3.59. The fourth-order valence-electron chi connectivity index (χ4n) is 4.45. The van der Waals surface area contributed by atoms with Crippen LogP contribution in [0.15, 0.2) is 73.1 Å². The highest BCUT2D eigenvalue weighted by Gasteiger charge is 2.38. The summed E-state index contributed by atoms with van der Waals surface area (Å²) in [4.78, 5) is 17.4. The van der Waals surface area contributed by atoms with E-state index in [1.807, 2.05) is 12.1 Å². The molecular formula is C28H22F3N5O3. The zero-order valence-corrected chi connectivity index (χ0v) is 20.3. The first kappa shape index (κ1) is 26.1. The number of aliphatic hydroxyl groups excluding tert-OH is 2. The Balaban J connectivity index is 1.41. The van der Waals surface area contributed by atoms with Gasteiger partial charge < -0.3 is 15.5 Å². The summed E-state index contributed by atoms with van der Waals surface area (Å²) in [5.74, 6) is -0.480. The van der Waals surface area contributed by atoms with E-state index in [-0.39, 0.29) is 41.1 Å². The van der Waals surface area contributed by atoms with E-state index in [2.05, 4.69) is 15.4 Å². The third-order valence-corrected chi connectivity index (χ3v) is 6.59. The zero-order chi connectivity index (χ0) is 27.7. The Labute approximate surface area is 221 Å². The van der Waals surface area contributed by atoms with E-state index in [4.69, 9.17) is 5.26 Å². The molecule has 1 amide bonds. The minimum Gasteiger partial charge on any atom is -0.396 e. The van der Waals surface area contributed by atoms with Crippen molar-refractivity contribution in [3.8, 4) is 11.8 Å². The quantitative estimate of drug-likeness (QED) is 0.319. The predicted molar refractivity (Wildman–Crippen MR) is 134 cm³/mol. The van der Waals surface area contributed by atoms with Crippen LogP contribution < -0.4 is 5.32 Å². The summed E-state index contributed by atoms with van der Waals surface area (Å²) in [7, 11) is 0. The third-order valence-electron chi connectivity index (χ3n) is 6.59. The van der Waals surface area contributed by atoms with Crippen LogP contribution >= 0.6 is 0 Å². The van der Waals surface area contributed by atoms with Crippen LogP contribution in [0, 0.1) is 17.2 Å². The molecule has 1 fully saturated rings. The molecule has 8 nitrogen and oxygen atoms in total. The normalized spacial score (nSPS) is 17.3. The molecule has 1 aliphatic rings. The lowest BCUT2D eigenvalue weighted by Gasteiger charge is -2.14. The van der Waals surface area contributed by atoms with Crippen molar-refractivity contribution < 1.29 is 28.2 Å². The summed E-state index contributed by atoms with van der Waals surface area (Å²) < 4.78 is 41.2. The average molecular weight is 534 g/mol. The van der Waals surface area contributed by atoms with E-state index in [0.717, 1.165) is 16.7 Å². The second-order valence-corrected chi connectivity index (χ2v) is 9.31. The van der Waals surface area contributed by atoms with Gasteiger partial charge in [-0.2, -0.15) is 23.5 Å². The number of hydrogen-bond acceptors (Lipinski definition) is 6. The van der Waals surface area contributed by atoms with Crippen molar-refractivity contribution in [3.63, 3.8) is 0 Å². The molecule has 2 aromatic heterocycles. The topological polar surface area (TPSA) is 124 Å². The van der Waals surface area contributed by atoms with Gasteiger partial charge in [0.25, 0.3) is 5.91 Å². The van der Waals surface area contributed by atoms with Gasteiger partial charge in [-0.3, -0.25) is 9.78 Å². The molecule has 11 heteroatoms. The second-order valence-electron chi connectivity index (χ2n) is 9.31. The highest BCUT2D eigenvalue weighted by molar-refractivity contribution is 6.03. The fourth-order valence-corrected chi connectivity index (χ4v) is 4.45. The molecule has 0 saturated heterocycles. The molecule has 2 aromatic carbocycles. The van der Waals surface area contributed by atoms with Crippen LogP contribution in [0.1, 0.15) is 56.9 Å².